The summed E-state index contributed by atoms with van der Waals surface area (Å²) in [5.41, 5.74) is 0. The van der Waals surface area contributed by atoms with E-state index in [1.165, 1.54) is 0 Å². The molecule has 0 spiro atoms. The van der Waals surface area contributed by atoms with Crippen molar-refractivity contribution in [2.45, 2.75) is 33.1 Å². The molecule has 5 heteroatoms. The average Bonchev–Trinajstić information content (AvgIpc) is 2.73. The van der Waals surface area contributed by atoms with E-state index >= 15 is 0 Å². The zero-order chi connectivity index (χ0) is 13.7. The van der Waals surface area contributed by atoms with Gasteiger partial charge >= 0.3 is 0 Å². The molecular weight excluding hydrogens is 276 g/mol. The van der Waals surface area contributed by atoms with Gasteiger partial charge in [-0.25, -0.2) is 0 Å². The molecule has 2 saturated heterocycles. The number of hydrogen-bond donors (Lipinski definition) is 1. The van der Waals surface area contributed by atoms with Crippen LogP contribution in [0.3, 0.4) is 0 Å². The number of halogens is 1. The van der Waals surface area contributed by atoms with Crippen LogP contribution < -0.4 is 5.32 Å². The fraction of sp³-hybridized carbons (Fsp3) is 0.933. The van der Waals surface area contributed by atoms with E-state index in [1.807, 2.05) is 0 Å². The first kappa shape index (κ1) is 17.7. The zero-order valence-corrected chi connectivity index (χ0v) is 13.6. The minimum Gasteiger partial charge on any atom is -0.381 e. The minimum atomic E-state index is 0. The van der Waals surface area contributed by atoms with Gasteiger partial charge in [-0.15, -0.1) is 12.4 Å². The molecule has 0 aromatic heterocycles. The molecule has 0 radical (unpaired) electrons. The molecule has 4 nitrogen and oxygen atoms in total. The second-order valence-electron chi connectivity index (χ2n) is 6.36. The SMILES string of the molecule is CC(C)COCCC(=O)N1CC[C@@H]2CNC[C@@H]2CC1.Cl. The predicted octanol–water partition coefficient (Wildman–Crippen LogP) is 1.93. The first-order valence-corrected chi connectivity index (χ1v) is 7.73. The first-order valence-electron chi connectivity index (χ1n) is 7.73. The van der Waals surface area contributed by atoms with Gasteiger partial charge in [0, 0.05) is 19.7 Å². The number of nitrogens with one attached hydrogen (secondary N) is 1. The van der Waals surface area contributed by atoms with Crippen molar-refractivity contribution < 1.29 is 9.53 Å². The van der Waals surface area contributed by atoms with Gasteiger partial charge in [0.25, 0.3) is 0 Å². The van der Waals surface area contributed by atoms with Gasteiger partial charge in [0.2, 0.25) is 5.91 Å². The largest absolute Gasteiger partial charge is 0.381 e. The van der Waals surface area contributed by atoms with Crippen LogP contribution in [0.5, 0.6) is 0 Å². The molecule has 1 amide bonds. The summed E-state index contributed by atoms with van der Waals surface area (Å²) in [6, 6.07) is 0. The van der Waals surface area contributed by atoms with Gasteiger partial charge in [0.15, 0.2) is 0 Å². The van der Waals surface area contributed by atoms with Crippen molar-refractivity contribution in [1.29, 1.82) is 0 Å². The lowest BCUT2D eigenvalue weighted by atomic mass is 9.92. The van der Waals surface area contributed by atoms with Crippen LogP contribution in [0.4, 0.5) is 0 Å². The van der Waals surface area contributed by atoms with E-state index in [2.05, 4.69) is 24.1 Å². The molecule has 2 aliphatic heterocycles. The Hall–Kier alpha value is -0.320. The van der Waals surface area contributed by atoms with Gasteiger partial charge < -0.3 is 15.0 Å². The summed E-state index contributed by atoms with van der Waals surface area (Å²) in [4.78, 5) is 14.2. The van der Waals surface area contributed by atoms with Gasteiger partial charge in [-0.2, -0.15) is 0 Å². The second-order valence-corrected chi connectivity index (χ2v) is 6.36. The topological polar surface area (TPSA) is 41.6 Å². The van der Waals surface area contributed by atoms with E-state index < -0.39 is 0 Å². The third kappa shape index (κ3) is 5.23. The Morgan fingerprint density at radius 2 is 1.85 bits per heavy atom. The summed E-state index contributed by atoms with van der Waals surface area (Å²) in [5.74, 6) is 2.39. The van der Waals surface area contributed by atoms with Crippen molar-refractivity contribution in [1.82, 2.24) is 10.2 Å². The summed E-state index contributed by atoms with van der Waals surface area (Å²) in [7, 11) is 0. The Labute approximate surface area is 129 Å². The molecule has 2 aliphatic rings. The van der Waals surface area contributed by atoms with E-state index in [1.54, 1.807) is 0 Å². The molecule has 0 saturated carbocycles. The van der Waals surface area contributed by atoms with Crippen LogP contribution >= 0.6 is 12.4 Å². The lowest BCUT2D eigenvalue weighted by Gasteiger charge is -2.21. The van der Waals surface area contributed by atoms with Crippen molar-refractivity contribution in [3.05, 3.63) is 0 Å². The molecule has 20 heavy (non-hydrogen) atoms. The molecule has 118 valence electrons. The lowest BCUT2D eigenvalue weighted by Crippen LogP contribution is -2.33. The van der Waals surface area contributed by atoms with Crippen LogP contribution in [0.1, 0.15) is 33.1 Å². The van der Waals surface area contributed by atoms with Crippen LogP contribution in [0.2, 0.25) is 0 Å². The molecule has 2 heterocycles. The summed E-state index contributed by atoms with van der Waals surface area (Å²) in [6.45, 7) is 9.74. The Morgan fingerprint density at radius 3 is 2.40 bits per heavy atom. The Bertz CT molecular complexity index is 286. The lowest BCUT2D eigenvalue weighted by molar-refractivity contribution is -0.132. The average molecular weight is 305 g/mol. The molecule has 0 unspecified atom stereocenters. The normalized spacial score (nSPS) is 26.1. The van der Waals surface area contributed by atoms with E-state index in [4.69, 9.17) is 4.74 Å². The van der Waals surface area contributed by atoms with Gasteiger partial charge in [0.1, 0.15) is 0 Å². The maximum absolute atomic E-state index is 12.1. The van der Waals surface area contributed by atoms with Crippen molar-refractivity contribution in [3.63, 3.8) is 0 Å². The molecule has 0 aromatic carbocycles. The summed E-state index contributed by atoms with van der Waals surface area (Å²) in [5, 5.41) is 3.47. The van der Waals surface area contributed by atoms with E-state index in [-0.39, 0.29) is 18.3 Å². The third-order valence-electron chi connectivity index (χ3n) is 4.28. The molecule has 2 rings (SSSR count). The molecule has 2 fully saturated rings. The Kier molecular flexibility index (Phi) is 7.85. The third-order valence-corrected chi connectivity index (χ3v) is 4.28. The molecular formula is C15H29ClN2O2. The van der Waals surface area contributed by atoms with Crippen LogP contribution in [-0.4, -0.2) is 50.2 Å². The molecule has 2 atom stereocenters. The maximum atomic E-state index is 12.1. The van der Waals surface area contributed by atoms with Crippen molar-refractivity contribution >= 4 is 18.3 Å². The molecule has 0 bridgehead atoms. The molecule has 0 aliphatic carbocycles. The van der Waals surface area contributed by atoms with Crippen molar-refractivity contribution in [2.24, 2.45) is 17.8 Å². The number of carbonyl (C=O) groups is 1. The summed E-state index contributed by atoms with van der Waals surface area (Å²) in [6.07, 6.45) is 2.87. The number of rotatable bonds is 5. The fourth-order valence-electron chi connectivity index (χ4n) is 3.10. The summed E-state index contributed by atoms with van der Waals surface area (Å²) < 4.78 is 5.50. The van der Waals surface area contributed by atoms with E-state index in [9.17, 15) is 4.79 Å². The van der Waals surface area contributed by atoms with Gasteiger partial charge in [-0.1, -0.05) is 13.8 Å². The highest BCUT2D eigenvalue weighted by molar-refractivity contribution is 5.85. The maximum Gasteiger partial charge on any atom is 0.224 e. The van der Waals surface area contributed by atoms with E-state index in [0.717, 1.165) is 57.5 Å². The highest BCUT2D eigenvalue weighted by Gasteiger charge is 2.31. The zero-order valence-electron chi connectivity index (χ0n) is 12.8. The minimum absolute atomic E-state index is 0. The molecule has 1 N–H and O–H groups in total. The number of amides is 1. The van der Waals surface area contributed by atoms with Crippen LogP contribution in [0, 0.1) is 17.8 Å². The van der Waals surface area contributed by atoms with Crippen molar-refractivity contribution in [3.8, 4) is 0 Å². The van der Waals surface area contributed by atoms with Gasteiger partial charge in [-0.3, -0.25) is 4.79 Å². The number of hydrogen-bond acceptors (Lipinski definition) is 3. The van der Waals surface area contributed by atoms with Crippen LogP contribution in [-0.2, 0) is 9.53 Å². The van der Waals surface area contributed by atoms with Crippen LogP contribution in [0.15, 0.2) is 0 Å². The van der Waals surface area contributed by atoms with Gasteiger partial charge in [-0.05, 0) is 43.7 Å². The Morgan fingerprint density at radius 1 is 1.25 bits per heavy atom. The van der Waals surface area contributed by atoms with Gasteiger partial charge in [0.05, 0.1) is 13.0 Å². The monoisotopic (exact) mass is 304 g/mol. The highest BCUT2D eigenvalue weighted by atomic mass is 35.5. The van der Waals surface area contributed by atoms with Crippen LogP contribution in [0.25, 0.3) is 0 Å². The van der Waals surface area contributed by atoms with E-state index in [0.29, 0.717) is 18.9 Å². The first-order chi connectivity index (χ1) is 9.16. The molecule has 0 aromatic rings. The number of nitrogens with zero attached hydrogens (tertiary/aromatic N) is 1. The standard InChI is InChI=1S/C15H28N2O2.ClH/c1-12(2)11-19-8-5-15(18)17-6-3-13-9-16-10-14(13)4-7-17;/h12-14,16H,3-11H2,1-2H3;1H/t13-,14+;. The smallest absolute Gasteiger partial charge is 0.224 e. The highest BCUT2D eigenvalue weighted by Crippen LogP contribution is 2.27. The number of ether oxygens (including phenoxy) is 1. The second kappa shape index (κ2) is 8.85. The predicted molar refractivity (Wildman–Crippen MR) is 83.2 cm³/mol. The quantitative estimate of drug-likeness (QED) is 0.789. The summed E-state index contributed by atoms with van der Waals surface area (Å²) >= 11 is 0. The number of carbonyl (C=O) groups excluding carboxylic acids is 1. The Balaban J connectivity index is 0.00000200. The van der Waals surface area contributed by atoms with Crippen molar-refractivity contribution in [2.75, 3.05) is 39.4 Å². The number of fused-ring (bicyclic) bond motifs is 1. The fourth-order valence-corrected chi connectivity index (χ4v) is 3.10. The number of likely N-dealkylation sites (tertiary alicyclic amines) is 1.